The second kappa shape index (κ2) is 11.3. The Balaban J connectivity index is -0.000000245. The zero-order valence-corrected chi connectivity index (χ0v) is 6.64. The van der Waals surface area contributed by atoms with Crippen molar-refractivity contribution in [3.63, 3.8) is 0 Å². The molecule has 9 heavy (non-hydrogen) atoms. The van der Waals surface area contributed by atoms with Crippen molar-refractivity contribution in [1.82, 2.24) is 0 Å². The molecule has 0 aliphatic heterocycles. The molecule has 0 aliphatic carbocycles. The van der Waals surface area contributed by atoms with E-state index in [2.05, 4.69) is 0 Å². The van der Waals surface area contributed by atoms with E-state index in [1.807, 2.05) is 13.8 Å². The van der Waals surface area contributed by atoms with Crippen LogP contribution < -0.4 is 18.9 Å². The Morgan fingerprint density at radius 1 is 1.00 bits per heavy atom. The van der Waals surface area contributed by atoms with Crippen molar-refractivity contribution in [3.8, 4) is 0 Å². The van der Waals surface area contributed by atoms with E-state index in [1.54, 1.807) is 0 Å². The Bertz CT molecular complexity index is 40.7. The summed E-state index contributed by atoms with van der Waals surface area (Å²) >= 11 is 0. The number of ether oxygens (including phenoxy) is 2. The average molecular weight is 126 g/mol. The van der Waals surface area contributed by atoms with Crippen LogP contribution in [0.25, 0.3) is 0 Å². The van der Waals surface area contributed by atoms with Gasteiger partial charge < -0.3 is 10.9 Å². The van der Waals surface area contributed by atoms with Crippen molar-refractivity contribution in [1.29, 1.82) is 0 Å². The second-order valence-electron chi connectivity index (χ2n) is 1.39. The van der Waals surface area contributed by atoms with Crippen LogP contribution in [-0.4, -0.2) is 26.4 Å². The molecule has 0 unspecified atom stereocenters. The van der Waals surface area contributed by atoms with Gasteiger partial charge in [-0.05, 0) is 13.8 Å². The predicted octanol–water partition coefficient (Wildman–Crippen LogP) is -1.82. The minimum absolute atomic E-state index is 0. The molecule has 0 aliphatic rings. The van der Waals surface area contributed by atoms with E-state index in [9.17, 15) is 0 Å². The molecule has 0 amide bonds. The van der Waals surface area contributed by atoms with Gasteiger partial charge in [-0.25, -0.2) is 0 Å². The molecular formula is C6H15LiO2. The van der Waals surface area contributed by atoms with E-state index < -0.39 is 0 Å². The number of hydrogen-bond acceptors (Lipinski definition) is 2. The van der Waals surface area contributed by atoms with Gasteiger partial charge in [-0.1, -0.05) is 0 Å². The number of hydrogen-bond donors (Lipinski definition) is 0. The van der Waals surface area contributed by atoms with Gasteiger partial charge in [0.25, 0.3) is 0 Å². The maximum absolute atomic E-state index is 5.01. The first-order valence-corrected chi connectivity index (χ1v) is 3.07. The average Bonchev–Trinajstić information content (AvgIpc) is 1.81. The third kappa shape index (κ3) is 11.9. The largest absolute Gasteiger partial charge is 1.00 e. The fourth-order valence-electron chi connectivity index (χ4n) is 0.407. The Labute approximate surface area is 70.6 Å². The molecule has 0 aromatic carbocycles. The van der Waals surface area contributed by atoms with Gasteiger partial charge >= 0.3 is 18.9 Å². The molecule has 52 valence electrons. The van der Waals surface area contributed by atoms with E-state index in [-0.39, 0.29) is 20.3 Å². The summed E-state index contributed by atoms with van der Waals surface area (Å²) < 4.78 is 10.0. The Morgan fingerprint density at radius 2 is 1.33 bits per heavy atom. The van der Waals surface area contributed by atoms with Gasteiger partial charge in [-0.2, -0.15) is 0 Å². The molecule has 0 atom stereocenters. The molecule has 2 nitrogen and oxygen atoms in total. The smallest absolute Gasteiger partial charge is 1.00 e. The molecule has 0 spiro atoms. The molecule has 0 bridgehead atoms. The van der Waals surface area contributed by atoms with Crippen LogP contribution in [0, 0.1) is 0 Å². The van der Waals surface area contributed by atoms with E-state index in [0.29, 0.717) is 0 Å². The molecular weight excluding hydrogens is 111 g/mol. The zero-order valence-electron chi connectivity index (χ0n) is 7.64. The van der Waals surface area contributed by atoms with Gasteiger partial charge in [0.15, 0.2) is 0 Å². The summed E-state index contributed by atoms with van der Waals surface area (Å²) in [6.07, 6.45) is 0. The number of rotatable bonds is 5. The first-order valence-electron chi connectivity index (χ1n) is 3.07. The SMILES string of the molecule is CCOCCOCC.[H-].[Li+]. The molecule has 0 saturated heterocycles. The predicted molar refractivity (Wildman–Crippen MR) is 34.1 cm³/mol. The molecule has 0 N–H and O–H groups in total. The van der Waals surface area contributed by atoms with Crippen LogP contribution in [0.3, 0.4) is 0 Å². The third-order valence-corrected chi connectivity index (χ3v) is 0.780. The zero-order chi connectivity index (χ0) is 6.24. The van der Waals surface area contributed by atoms with Crippen molar-refractivity contribution in [2.45, 2.75) is 13.8 Å². The standard InChI is InChI=1S/C6H14O2.Li.H/c1-3-7-5-6-8-4-2;;/h3-6H2,1-2H3;;/q;+1;-1. The minimum Gasteiger partial charge on any atom is -1.00 e. The first-order chi connectivity index (χ1) is 3.91. The Kier molecular flexibility index (Phi) is 15.4. The molecule has 3 heteroatoms. The minimum atomic E-state index is 0. The third-order valence-electron chi connectivity index (χ3n) is 0.780. The van der Waals surface area contributed by atoms with Crippen LogP contribution in [0.1, 0.15) is 15.3 Å². The fourth-order valence-corrected chi connectivity index (χ4v) is 0.407. The molecule has 0 aromatic heterocycles. The molecule has 0 heterocycles. The quantitative estimate of drug-likeness (QED) is 0.319. The van der Waals surface area contributed by atoms with Gasteiger partial charge in [0, 0.05) is 13.2 Å². The van der Waals surface area contributed by atoms with Crippen LogP contribution in [0.5, 0.6) is 0 Å². The summed E-state index contributed by atoms with van der Waals surface area (Å²) in [4.78, 5) is 0. The summed E-state index contributed by atoms with van der Waals surface area (Å²) in [6.45, 7) is 6.98. The van der Waals surface area contributed by atoms with Crippen molar-refractivity contribution in [2.75, 3.05) is 26.4 Å². The summed E-state index contributed by atoms with van der Waals surface area (Å²) in [5.41, 5.74) is 0. The van der Waals surface area contributed by atoms with Gasteiger partial charge in [0.05, 0.1) is 13.2 Å². The Morgan fingerprint density at radius 3 is 1.56 bits per heavy atom. The van der Waals surface area contributed by atoms with Gasteiger partial charge in [-0.3, -0.25) is 0 Å². The fraction of sp³-hybridized carbons (Fsp3) is 1.00. The molecule has 0 saturated carbocycles. The second-order valence-corrected chi connectivity index (χ2v) is 1.39. The van der Waals surface area contributed by atoms with Gasteiger partial charge in [0.2, 0.25) is 0 Å². The van der Waals surface area contributed by atoms with Gasteiger partial charge in [0.1, 0.15) is 0 Å². The molecule has 0 radical (unpaired) electrons. The maximum Gasteiger partial charge on any atom is 1.00 e. The topological polar surface area (TPSA) is 18.5 Å². The summed E-state index contributed by atoms with van der Waals surface area (Å²) in [5.74, 6) is 0. The van der Waals surface area contributed by atoms with E-state index >= 15 is 0 Å². The molecule has 0 fully saturated rings. The maximum atomic E-state index is 5.01. The van der Waals surface area contributed by atoms with Crippen molar-refractivity contribution in [2.24, 2.45) is 0 Å². The van der Waals surface area contributed by atoms with Crippen LogP contribution in [0.2, 0.25) is 0 Å². The van der Waals surface area contributed by atoms with E-state index in [4.69, 9.17) is 9.47 Å². The molecule has 0 aromatic rings. The van der Waals surface area contributed by atoms with Crippen molar-refractivity contribution >= 4 is 0 Å². The van der Waals surface area contributed by atoms with Crippen molar-refractivity contribution < 1.29 is 29.8 Å². The van der Waals surface area contributed by atoms with E-state index in [0.717, 1.165) is 26.4 Å². The van der Waals surface area contributed by atoms with Crippen LogP contribution >= 0.6 is 0 Å². The van der Waals surface area contributed by atoms with Crippen LogP contribution in [0.4, 0.5) is 0 Å². The normalized spacial score (nSPS) is 8.67. The monoisotopic (exact) mass is 126 g/mol. The first kappa shape index (κ1) is 12.2. The Hall–Kier alpha value is 0.517. The van der Waals surface area contributed by atoms with E-state index in [1.165, 1.54) is 0 Å². The van der Waals surface area contributed by atoms with Gasteiger partial charge in [-0.15, -0.1) is 0 Å². The summed E-state index contributed by atoms with van der Waals surface area (Å²) in [6, 6.07) is 0. The van der Waals surface area contributed by atoms with Crippen LogP contribution in [-0.2, 0) is 9.47 Å². The molecule has 0 rings (SSSR count). The van der Waals surface area contributed by atoms with Crippen molar-refractivity contribution in [3.05, 3.63) is 0 Å². The summed E-state index contributed by atoms with van der Waals surface area (Å²) in [5, 5.41) is 0. The van der Waals surface area contributed by atoms with Crippen LogP contribution in [0.15, 0.2) is 0 Å². The summed E-state index contributed by atoms with van der Waals surface area (Å²) in [7, 11) is 0.